The number of carbonyl (C=O) groups excluding carboxylic acids is 1. The second-order valence-electron chi connectivity index (χ2n) is 3.47. The maximum atomic E-state index is 11.5. The summed E-state index contributed by atoms with van der Waals surface area (Å²) in [6.45, 7) is 1.94. The van der Waals surface area contributed by atoms with Crippen LogP contribution in [0, 0.1) is 0 Å². The molecule has 0 aromatic carbocycles. The zero-order valence-electron chi connectivity index (χ0n) is 9.26. The Labute approximate surface area is 113 Å². The molecule has 1 saturated heterocycles. The van der Waals surface area contributed by atoms with Gasteiger partial charge in [0.05, 0.1) is 0 Å². The van der Waals surface area contributed by atoms with E-state index in [0.717, 1.165) is 25.1 Å². The van der Waals surface area contributed by atoms with E-state index < -0.39 is 0 Å². The van der Waals surface area contributed by atoms with Gasteiger partial charge < -0.3 is 11.1 Å². The molecule has 1 aromatic rings. The summed E-state index contributed by atoms with van der Waals surface area (Å²) in [5.41, 5.74) is 6.44. The van der Waals surface area contributed by atoms with Crippen LogP contribution in [0.3, 0.4) is 0 Å². The minimum absolute atomic E-state index is 0. The normalized spacial score (nSPS) is 14.4. The van der Waals surface area contributed by atoms with Gasteiger partial charge in [0, 0.05) is 25.8 Å². The van der Waals surface area contributed by atoms with Gasteiger partial charge in [-0.15, -0.1) is 24.8 Å². The third-order valence-corrected chi connectivity index (χ3v) is 2.40. The average Bonchev–Trinajstić information content (AvgIpc) is 2.30. The monoisotopic (exact) mass is 278 g/mol. The summed E-state index contributed by atoms with van der Waals surface area (Å²) in [5, 5.41) is 2.78. The summed E-state index contributed by atoms with van der Waals surface area (Å²) in [5.74, 6) is 0.685. The molecule has 1 aliphatic rings. The van der Waals surface area contributed by atoms with Crippen LogP contribution in [-0.4, -0.2) is 24.1 Å². The zero-order valence-corrected chi connectivity index (χ0v) is 10.9. The van der Waals surface area contributed by atoms with E-state index in [1.54, 1.807) is 11.1 Å². The van der Waals surface area contributed by atoms with Crippen molar-refractivity contribution >= 4 is 36.7 Å². The average molecular weight is 279 g/mol. The van der Waals surface area contributed by atoms with Crippen LogP contribution in [0.25, 0.3) is 0 Å². The minimum atomic E-state index is -0.0748. The quantitative estimate of drug-likeness (QED) is 0.857. The highest BCUT2D eigenvalue weighted by molar-refractivity contribution is 5.91. The third-order valence-electron chi connectivity index (χ3n) is 2.40. The molecule has 1 aliphatic heterocycles. The lowest BCUT2D eigenvalue weighted by Gasteiger charge is -2.26. The van der Waals surface area contributed by atoms with Crippen molar-refractivity contribution in [2.75, 3.05) is 18.0 Å². The first-order valence-corrected chi connectivity index (χ1v) is 5.01. The fourth-order valence-corrected chi connectivity index (χ4v) is 1.55. The van der Waals surface area contributed by atoms with Gasteiger partial charge in [-0.05, 0) is 18.1 Å². The molecule has 1 fully saturated rings. The Morgan fingerprint density at radius 3 is 2.71 bits per heavy atom. The number of nitrogens with two attached hydrogens (primary N) is 1. The molecule has 0 aliphatic carbocycles. The van der Waals surface area contributed by atoms with Gasteiger partial charge in [-0.3, -0.25) is 4.90 Å². The molecule has 0 unspecified atom stereocenters. The van der Waals surface area contributed by atoms with Crippen molar-refractivity contribution in [3.05, 3.63) is 23.9 Å². The van der Waals surface area contributed by atoms with Crippen LogP contribution in [0.1, 0.15) is 12.0 Å². The molecule has 2 heterocycles. The first kappa shape index (κ1) is 16.0. The van der Waals surface area contributed by atoms with Gasteiger partial charge in [0.15, 0.2) is 0 Å². The van der Waals surface area contributed by atoms with Crippen molar-refractivity contribution in [1.82, 2.24) is 10.3 Å². The summed E-state index contributed by atoms with van der Waals surface area (Å²) in [6, 6.07) is 3.64. The largest absolute Gasteiger partial charge is 0.338 e. The lowest BCUT2D eigenvalue weighted by Crippen LogP contribution is -2.46. The summed E-state index contributed by atoms with van der Waals surface area (Å²) in [4.78, 5) is 17.4. The van der Waals surface area contributed by atoms with Gasteiger partial charge in [0.25, 0.3) is 0 Å². The van der Waals surface area contributed by atoms with Gasteiger partial charge in [0.1, 0.15) is 5.82 Å². The molecule has 17 heavy (non-hydrogen) atoms. The Bertz CT molecular complexity index is 358. The van der Waals surface area contributed by atoms with Crippen molar-refractivity contribution in [3.63, 3.8) is 0 Å². The second kappa shape index (κ2) is 7.32. The Morgan fingerprint density at radius 1 is 1.41 bits per heavy atom. The molecule has 0 atom stereocenters. The van der Waals surface area contributed by atoms with Crippen LogP contribution in [-0.2, 0) is 6.54 Å². The molecule has 0 radical (unpaired) electrons. The number of pyridine rings is 1. The number of hydrogen-bond donors (Lipinski definition) is 2. The van der Waals surface area contributed by atoms with E-state index in [1.165, 1.54) is 0 Å². The van der Waals surface area contributed by atoms with Gasteiger partial charge >= 0.3 is 6.03 Å². The summed E-state index contributed by atoms with van der Waals surface area (Å²) < 4.78 is 0. The van der Waals surface area contributed by atoms with Crippen LogP contribution in [0.5, 0.6) is 0 Å². The number of aromatic nitrogens is 1. The predicted octanol–water partition coefficient (Wildman–Crippen LogP) is 1.30. The first-order valence-electron chi connectivity index (χ1n) is 5.01. The van der Waals surface area contributed by atoms with E-state index in [-0.39, 0.29) is 30.8 Å². The Balaban J connectivity index is 0.00000128. The molecule has 0 bridgehead atoms. The topological polar surface area (TPSA) is 71.2 Å². The van der Waals surface area contributed by atoms with E-state index >= 15 is 0 Å². The molecule has 2 rings (SSSR count). The molecule has 1 aromatic heterocycles. The van der Waals surface area contributed by atoms with Gasteiger partial charge in [0.2, 0.25) is 0 Å². The number of amides is 2. The maximum Gasteiger partial charge on any atom is 0.323 e. The smallest absolute Gasteiger partial charge is 0.323 e. The SMILES string of the molecule is Cl.Cl.NCc1ccc(N2CCCNC2=O)nc1. The number of rotatable bonds is 2. The number of carbonyl (C=O) groups is 1. The summed E-state index contributed by atoms with van der Waals surface area (Å²) in [7, 11) is 0. The van der Waals surface area contributed by atoms with E-state index in [2.05, 4.69) is 10.3 Å². The lowest BCUT2D eigenvalue weighted by atomic mass is 10.2. The first-order chi connectivity index (χ1) is 7.31. The molecule has 2 amide bonds. The fraction of sp³-hybridized carbons (Fsp3) is 0.400. The molecule has 3 N–H and O–H groups in total. The van der Waals surface area contributed by atoms with Crippen LogP contribution >= 0.6 is 24.8 Å². The minimum Gasteiger partial charge on any atom is -0.338 e. The molecule has 0 spiro atoms. The molecule has 5 nitrogen and oxygen atoms in total. The van der Waals surface area contributed by atoms with Crippen LogP contribution < -0.4 is 16.0 Å². The highest BCUT2D eigenvalue weighted by atomic mass is 35.5. The standard InChI is InChI=1S/C10H14N4O.2ClH/c11-6-8-2-3-9(13-7-8)14-5-1-4-12-10(14)15;;/h2-3,7H,1,4-6,11H2,(H,12,15);2*1H. The molecular formula is C10H16Cl2N4O. The highest BCUT2D eigenvalue weighted by Gasteiger charge is 2.19. The fourth-order valence-electron chi connectivity index (χ4n) is 1.55. The maximum absolute atomic E-state index is 11.5. The number of nitrogens with one attached hydrogen (secondary N) is 1. The van der Waals surface area contributed by atoms with Crippen molar-refractivity contribution in [3.8, 4) is 0 Å². The number of urea groups is 1. The van der Waals surface area contributed by atoms with Crippen molar-refractivity contribution in [2.24, 2.45) is 5.73 Å². The number of anilines is 1. The predicted molar refractivity (Wildman–Crippen MR) is 72.0 cm³/mol. The van der Waals surface area contributed by atoms with Crippen molar-refractivity contribution < 1.29 is 4.79 Å². The van der Waals surface area contributed by atoms with E-state index in [1.807, 2.05) is 12.1 Å². The van der Waals surface area contributed by atoms with Crippen molar-refractivity contribution in [1.29, 1.82) is 0 Å². The Morgan fingerprint density at radius 2 is 2.18 bits per heavy atom. The van der Waals surface area contributed by atoms with E-state index in [0.29, 0.717) is 12.4 Å². The summed E-state index contributed by atoms with van der Waals surface area (Å²) in [6.07, 6.45) is 2.66. The van der Waals surface area contributed by atoms with Gasteiger partial charge in [-0.25, -0.2) is 9.78 Å². The summed E-state index contributed by atoms with van der Waals surface area (Å²) >= 11 is 0. The zero-order chi connectivity index (χ0) is 10.7. The molecular weight excluding hydrogens is 263 g/mol. The number of halogens is 2. The van der Waals surface area contributed by atoms with Gasteiger partial charge in [-0.1, -0.05) is 6.07 Å². The van der Waals surface area contributed by atoms with Crippen molar-refractivity contribution in [2.45, 2.75) is 13.0 Å². The lowest BCUT2D eigenvalue weighted by molar-refractivity contribution is 0.242. The highest BCUT2D eigenvalue weighted by Crippen LogP contribution is 2.13. The molecule has 0 saturated carbocycles. The van der Waals surface area contributed by atoms with Crippen LogP contribution in [0.15, 0.2) is 18.3 Å². The molecule has 96 valence electrons. The Kier molecular flexibility index (Phi) is 6.87. The Hall–Kier alpha value is -1.04. The van der Waals surface area contributed by atoms with Crippen LogP contribution in [0.2, 0.25) is 0 Å². The van der Waals surface area contributed by atoms with Crippen LogP contribution in [0.4, 0.5) is 10.6 Å². The van der Waals surface area contributed by atoms with E-state index in [4.69, 9.17) is 5.73 Å². The molecule has 7 heteroatoms. The third kappa shape index (κ3) is 3.73. The second-order valence-corrected chi connectivity index (χ2v) is 3.47. The van der Waals surface area contributed by atoms with E-state index in [9.17, 15) is 4.79 Å². The number of nitrogens with zero attached hydrogens (tertiary/aromatic N) is 2. The number of hydrogen-bond acceptors (Lipinski definition) is 3. The van der Waals surface area contributed by atoms with Gasteiger partial charge in [-0.2, -0.15) is 0 Å².